The van der Waals surface area contributed by atoms with Crippen molar-refractivity contribution in [1.29, 1.82) is 0 Å². The summed E-state index contributed by atoms with van der Waals surface area (Å²) < 4.78 is 10.2. The highest BCUT2D eigenvalue weighted by atomic mass is 16.6. The van der Waals surface area contributed by atoms with Crippen molar-refractivity contribution < 1.29 is 14.6 Å². The molecule has 0 bridgehead atoms. The Bertz CT molecular complexity index is 268. The van der Waals surface area contributed by atoms with Crippen LogP contribution in [0.15, 0.2) is 24.3 Å². The van der Waals surface area contributed by atoms with Crippen molar-refractivity contribution in [3.8, 4) is 11.5 Å². The van der Waals surface area contributed by atoms with Crippen LogP contribution in [-0.2, 0) is 4.74 Å². The fourth-order valence-electron chi connectivity index (χ4n) is 0.926. The quantitative estimate of drug-likeness (QED) is 0.685. The van der Waals surface area contributed by atoms with Crippen LogP contribution in [0.25, 0.3) is 0 Å². The molecule has 1 aromatic carbocycles. The van der Waals surface area contributed by atoms with Gasteiger partial charge in [0, 0.05) is 0 Å². The number of epoxide rings is 1. The highest BCUT2D eigenvalue weighted by Gasteiger charge is 2.23. The van der Waals surface area contributed by atoms with Crippen LogP contribution >= 0.6 is 0 Å². The molecule has 1 atom stereocenters. The van der Waals surface area contributed by atoms with Crippen molar-refractivity contribution >= 4 is 0 Å². The predicted molar refractivity (Wildman–Crippen MR) is 43.3 cm³/mol. The van der Waals surface area contributed by atoms with Crippen LogP contribution in [0.2, 0.25) is 0 Å². The van der Waals surface area contributed by atoms with Gasteiger partial charge in [-0.15, -0.1) is 0 Å². The molecule has 1 aromatic rings. The Labute approximate surface area is 70.5 Å². The van der Waals surface area contributed by atoms with Crippen LogP contribution in [-0.4, -0.2) is 24.4 Å². The summed E-state index contributed by atoms with van der Waals surface area (Å²) in [5.41, 5.74) is 0. The van der Waals surface area contributed by atoms with E-state index in [0.717, 1.165) is 6.61 Å². The fraction of sp³-hybridized carbons (Fsp3) is 0.333. The van der Waals surface area contributed by atoms with Gasteiger partial charge in [0.1, 0.15) is 12.7 Å². The molecular weight excluding hydrogens is 156 g/mol. The van der Waals surface area contributed by atoms with E-state index in [1.165, 1.54) is 0 Å². The van der Waals surface area contributed by atoms with E-state index in [9.17, 15) is 5.11 Å². The highest BCUT2D eigenvalue weighted by Crippen LogP contribution is 2.25. The third-order valence-electron chi connectivity index (χ3n) is 1.69. The molecule has 1 N–H and O–H groups in total. The Morgan fingerprint density at radius 1 is 1.50 bits per heavy atom. The number of phenols is 1. The summed E-state index contributed by atoms with van der Waals surface area (Å²) in [7, 11) is 0. The molecule has 0 aliphatic carbocycles. The van der Waals surface area contributed by atoms with E-state index in [4.69, 9.17) is 9.47 Å². The Kier molecular flexibility index (Phi) is 1.87. The average Bonchev–Trinajstić information content (AvgIpc) is 2.86. The summed E-state index contributed by atoms with van der Waals surface area (Å²) in [6, 6.07) is 6.92. The Hall–Kier alpha value is -1.22. The van der Waals surface area contributed by atoms with Crippen molar-refractivity contribution in [1.82, 2.24) is 0 Å². The number of hydrogen-bond donors (Lipinski definition) is 1. The van der Waals surface area contributed by atoms with Gasteiger partial charge in [0.25, 0.3) is 0 Å². The summed E-state index contributed by atoms with van der Waals surface area (Å²) in [5, 5.41) is 9.28. The molecule has 0 amide bonds. The normalized spacial score (nSPS) is 20.5. The highest BCUT2D eigenvalue weighted by molar-refractivity contribution is 5.37. The molecule has 1 heterocycles. The van der Waals surface area contributed by atoms with Crippen molar-refractivity contribution in [3.63, 3.8) is 0 Å². The van der Waals surface area contributed by atoms with Gasteiger partial charge < -0.3 is 14.6 Å². The fourth-order valence-corrected chi connectivity index (χ4v) is 0.926. The maximum atomic E-state index is 9.28. The number of benzene rings is 1. The molecule has 2 rings (SSSR count). The van der Waals surface area contributed by atoms with Gasteiger partial charge in [0.15, 0.2) is 11.5 Å². The minimum absolute atomic E-state index is 0.179. The van der Waals surface area contributed by atoms with E-state index in [1.54, 1.807) is 18.2 Å². The lowest BCUT2D eigenvalue weighted by Crippen LogP contribution is -2.03. The third-order valence-corrected chi connectivity index (χ3v) is 1.69. The zero-order chi connectivity index (χ0) is 8.39. The van der Waals surface area contributed by atoms with Crippen molar-refractivity contribution in [2.75, 3.05) is 13.2 Å². The second kappa shape index (κ2) is 3.03. The van der Waals surface area contributed by atoms with Crippen LogP contribution in [0.1, 0.15) is 0 Å². The summed E-state index contributed by atoms with van der Waals surface area (Å²) in [6.07, 6.45) is 0.226. The number of hydrogen-bond acceptors (Lipinski definition) is 3. The molecule has 12 heavy (non-hydrogen) atoms. The molecule has 0 saturated carbocycles. The number of phenolic OH excluding ortho intramolecular Hbond substituents is 1. The Balaban J connectivity index is 1.96. The number of rotatable bonds is 3. The Morgan fingerprint density at radius 2 is 2.25 bits per heavy atom. The zero-order valence-corrected chi connectivity index (χ0v) is 6.56. The molecule has 0 unspecified atom stereocenters. The molecule has 64 valence electrons. The molecule has 3 nitrogen and oxygen atoms in total. The van der Waals surface area contributed by atoms with Crippen molar-refractivity contribution in [2.45, 2.75) is 6.10 Å². The van der Waals surface area contributed by atoms with Gasteiger partial charge in [0.2, 0.25) is 0 Å². The molecule has 1 aliphatic rings. The van der Waals surface area contributed by atoms with Crippen LogP contribution in [0, 0.1) is 0 Å². The maximum Gasteiger partial charge on any atom is 0.161 e. The average molecular weight is 166 g/mol. The van der Waals surface area contributed by atoms with E-state index in [2.05, 4.69) is 0 Å². The lowest BCUT2D eigenvalue weighted by atomic mass is 10.3. The first kappa shape index (κ1) is 7.43. The second-order valence-electron chi connectivity index (χ2n) is 2.73. The van der Waals surface area contributed by atoms with Gasteiger partial charge in [0.05, 0.1) is 6.61 Å². The number of ether oxygens (including phenoxy) is 2. The second-order valence-corrected chi connectivity index (χ2v) is 2.73. The van der Waals surface area contributed by atoms with E-state index >= 15 is 0 Å². The van der Waals surface area contributed by atoms with Gasteiger partial charge >= 0.3 is 0 Å². The van der Waals surface area contributed by atoms with Gasteiger partial charge in [-0.2, -0.15) is 0 Å². The smallest absolute Gasteiger partial charge is 0.161 e. The van der Waals surface area contributed by atoms with Crippen LogP contribution in [0.5, 0.6) is 11.5 Å². The van der Waals surface area contributed by atoms with E-state index in [0.29, 0.717) is 12.4 Å². The first-order valence-corrected chi connectivity index (χ1v) is 3.88. The zero-order valence-electron chi connectivity index (χ0n) is 6.56. The molecule has 0 aromatic heterocycles. The summed E-state index contributed by atoms with van der Waals surface area (Å²) in [4.78, 5) is 0. The lowest BCUT2D eigenvalue weighted by Gasteiger charge is -2.04. The third kappa shape index (κ3) is 1.68. The summed E-state index contributed by atoms with van der Waals surface area (Å²) in [5.74, 6) is 0.700. The van der Waals surface area contributed by atoms with Gasteiger partial charge in [-0.05, 0) is 12.1 Å². The van der Waals surface area contributed by atoms with Crippen LogP contribution in [0.3, 0.4) is 0 Å². The standard InChI is InChI=1S/C9H10O3/c10-8-3-1-2-4-9(8)12-6-7-5-11-7/h1-4,7,10H,5-6H2/t7-/m0/s1. The molecule has 0 spiro atoms. The van der Waals surface area contributed by atoms with Crippen molar-refractivity contribution in [2.24, 2.45) is 0 Å². The topological polar surface area (TPSA) is 42.0 Å². The van der Waals surface area contributed by atoms with Crippen molar-refractivity contribution in [3.05, 3.63) is 24.3 Å². The lowest BCUT2D eigenvalue weighted by molar-refractivity contribution is 0.254. The molecule has 0 radical (unpaired) electrons. The molecular formula is C9H10O3. The number of para-hydroxylation sites is 2. The predicted octanol–water partition coefficient (Wildman–Crippen LogP) is 1.17. The first-order valence-electron chi connectivity index (χ1n) is 3.88. The SMILES string of the molecule is Oc1ccccc1OC[C@@H]1CO1. The molecule has 3 heteroatoms. The van der Waals surface area contributed by atoms with E-state index in [1.807, 2.05) is 6.07 Å². The van der Waals surface area contributed by atoms with E-state index < -0.39 is 0 Å². The number of aromatic hydroxyl groups is 1. The minimum atomic E-state index is 0.179. The Morgan fingerprint density at radius 3 is 2.92 bits per heavy atom. The maximum absolute atomic E-state index is 9.28. The summed E-state index contributed by atoms with van der Waals surface area (Å²) >= 11 is 0. The first-order chi connectivity index (χ1) is 5.86. The molecule has 1 fully saturated rings. The van der Waals surface area contributed by atoms with Crippen LogP contribution < -0.4 is 4.74 Å². The van der Waals surface area contributed by atoms with Gasteiger partial charge in [-0.3, -0.25) is 0 Å². The molecule has 1 saturated heterocycles. The van der Waals surface area contributed by atoms with Gasteiger partial charge in [-0.1, -0.05) is 12.1 Å². The molecule has 1 aliphatic heterocycles. The van der Waals surface area contributed by atoms with E-state index in [-0.39, 0.29) is 11.9 Å². The monoisotopic (exact) mass is 166 g/mol. The minimum Gasteiger partial charge on any atom is -0.504 e. The summed E-state index contributed by atoms with van der Waals surface area (Å²) in [6.45, 7) is 1.30. The largest absolute Gasteiger partial charge is 0.504 e. The van der Waals surface area contributed by atoms with Crippen LogP contribution in [0.4, 0.5) is 0 Å². The van der Waals surface area contributed by atoms with Gasteiger partial charge in [-0.25, -0.2) is 0 Å².